The minimum absolute atomic E-state index is 0.0454. The molecule has 0 unspecified atom stereocenters. The molecule has 0 bridgehead atoms. The SMILES string of the molecule is CC(=O)c1ccc(NS(=O)(=O)c2ccc(N3C(=O)CCS3(=O)=O)cc2C)cc1. The van der Waals surface area contributed by atoms with Gasteiger partial charge in [0.05, 0.1) is 16.3 Å². The molecule has 1 aliphatic heterocycles. The van der Waals surface area contributed by atoms with Crippen molar-refractivity contribution < 1.29 is 26.4 Å². The Morgan fingerprint density at radius 3 is 2.25 bits per heavy atom. The zero-order valence-corrected chi connectivity index (χ0v) is 16.8. The molecular formula is C18H18N2O6S2. The number of rotatable bonds is 5. The molecule has 0 spiro atoms. The predicted molar refractivity (Wildman–Crippen MR) is 104 cm³/mol. The van der Waals surface area contributed by atoms with Crippen molar-refractivity contribution in [2.75, 3.05) is 14.8 Å². The van der Waals surface area contributed by atoms with Crippen LogP contribution in [0.25, 0.3) is 0 Å². The van der Waals surface area contributed by atoms with Crippen LogP contribution in [0.4, 0.5) is 11.4 Å². The highest BCUT2D eigenvalue weighted by molar-refractivity contribution is 7.94. The van der Waals surface area contributed by atoms with Gasteiger partial charge >= 0.3 is 0 Å². The third kappa shape index (κ3) is 3.78. The summed E-state index contributed by atoms with van der Waals surface area (Å²) < 4.78 is 52.6. The Morgan fingerprint density at radius 1 is 1.11 bits per heavy atom. The molecular weight excluding hydrogens is 404 g/mol. The first-order chi connectivity index (χ1) is 13.0. The lowest BCUT2D eigenvalue weighted by atomic mass is 10.1. The number of ketones is 1. The summed E-state index contributed by atoms with van der Waals surface area (Å²) in [4.78, 5) is 23.2. The molecule has 1 heterocycles. The second-order valence-electron chi connectivity index (χ2n) is 6.41. The van der Waals surface area contributed by atoms with E-state index in [1.54, 1.807) is 0 Å². The van der Waals surface area contributed by atoms with E-state index < -0.39 is 26.0 Å². The molecule has 2 aromatic carbocycles. The summed E-state index contributed by atoms with van der Waals surface area (Å²) in [7, 11) is -7.67. The van der Waals surface area contributed by atoms with Gasteiger partial charge in [-0.2, -0.15) is 0 Å². The summed E-state index contributed by atoms with van der Waals surface area (Å²) >= 11 is 0. The first-order valence-corrected chi connectivity index (χ1v) is 11.4. The molecule has 1 aliphatic rings. The molecule has 0 aliphatic carbocycles. The van der Waals surface area contributed by atoms with Gasteiger partial charge in [0.25, 0.3) is 10.0 Å². The van der Waals surface area contributed by atoms with Gasteiger partial charge in [-0.05, 0) is 61.9 Å². The van der Waals surface area contributed by atoms with Crippen LogP contribution in [0.5, 0.6) is 0 Å². The van der Waals surface area contributed by atoms with Gasteiger partial charge in [-0.1, -0.05) is 0 Å². The number of aryl methyl sites for hydroxylation is 1. The zero-order valence-electron chi connectivity index (χ0n) is 15.2. The topological polar surface area (TPSA) is 118 Å². The molecule has 148 valence electrons. The molecule has 1 amide bonds. The lowest BCUT2D eigenvalue weighted by Gasteiger charge is -2.17. The molecule has 2 aromatic rings. The van der Waals surface area contributed by atoms with Gasteiger partial charge in [-0.3, -0.25) is 14.3 Å². The maximum atomic E-state index is 12.7. The summed E-state index contributed by atoms with van der Waals surface area (Å²) in [5.41, 5.74) is 1.15. The number of carbonyl (C=O) groups excluding carboxylic acids is 2. The van der Waals surface area contributed by atoms with E-state index in [1.165, 1.54) is 56.3 Å². The lowest BCUT2D eigenvalue weighted by molar-refractivity contribution is -0.116. The van der Waals surface area contributed by atoms with Crippen LogP contribution < -0.4 is 9.03 Å². The van der Waals surface area contributed by atoms with E-state index in [0.717, 1.165) is 0 Å². The van der Waals surface area contributed by atoms with Crippen LogP contribution in [0.1, 0.15) is 29.3 Å². The van der Waals surface area contributed by atoms with Gasteiger partial charge < -0.3 is 0 Å². The Bertz CT molecular complexity index is 1170. The molecule has 3 rings (SSSR count). The van der Waals surface area contributed by atoms with Crippen LogP contribution in [0.3, 0.4) is 0 Å². The second kappa shape index (κ2) is 7.02. The van der Waals surface area contributed by atoms with Crippen molar-refractivity contribution in [1.82, 2.24) is 0 Å². The maximum absolute atomic E-state index is 12.7. The normalized spacial score (nSPS) is 16.2. The molecule has 0 aromatic heterocycles. The summed E-state index contributed by atoms with van der Waals surface area (Å²) in [5, 5.41) is 0. The average Bonchev–Trinajstić information content (AvgIpc) is 2.87. The molecule has 8 nitrogen and oxygen atoms in total. The standard InChI is InChI=1S/C18H18N2O6S2/c1-12-11-16(20-18(22)9-10-27(20,23)24)7-8-17(12)28(25,26)19-15-5-3-14(4-6-15)13(2)21/h3-8,11,19H,9-10H2,1-2H3. The van der Waals surface area contributed by atoms with Crippen LogP contribution >= 0.6 is 0 Å². The van der Waals surface area contributed by atoms with E-state index in [4.69, 9.17) is 0 Å². The van der Waals surface area contributed by atoms with Gasteiger partial charge in [-0.25, -0.2) is 21.1 Å². The molecule has 1 saturated heterocycles. The van der Waals surface area contributed by atoms with Gasteiger partial charge in [0, 0.05) is 17.7 Å². The van der Waals surface area contributed by atoms with Gasteiger partial charge in [-0.15, -0.1) is 0 Å². The average molecular weight is 422 g/mol. The molecule has 0 saturated carbocycles. The summed E-state index contributed by atoms with van der Waals surface area (Å²) in [6.07, 6.45) is -0.0980. The largest absolute Gasteiger partial charge is 0.295 e. The number of carbonyl (C=O) groups is 2. The van der Waals surface area contributed by atoms with Crippen molar-refractivity contribution in [1.29, 1.82) is 0 Å². The first kappa shape index (κ1) is 20.0. The van der Waals surface area contributed by atoms with Crippen molar-refractivity contribution in [3.05, 3.63) is 53.6 Å². The molecule has 10 heteroatoms. The van der Waals surface area contributed by atoms with Crippen molar-refractivity contribution in [3.8, 4) is 0 Å². The highest BCUT2D eigenvalue weighted by Gasteiger charge is 2.36. The highest BCUT2D eigenvalue weighted by atomic mass is 32.2. The minimum atomic E-state index is -3.95. The van der Waals surface area contributed by atoms with E-state index in [9.17, 15) is 26.4 Å². The number of nitrogens with zero attached hydrogens (tertiary/aromatic N) is 1. The third-order valence-electron chi connectivity index (χ3n) is 4.30. The number of hydrogen-bond acceptors (Lipinski definition) is 6. The van der Waals surface area contributed by atoms with E-state index in [2.05, 4.69) is 4.72 Å². The molecule has 1 N–H and O–H groups in total. The third-order valence-corrected chi connectivity index (χ3v) is 7.54. The van der Waals surface area contributed by atoms with Crippen molar-refractivity contribution in [2.45, 2.75) is 25.2 Å². The Kier molecular flexibility index (Phi) is 5.02. The Labute approximate surface area is 163 Å². The molecule has 1 fully saturated rings. The van der Waals surface area contributed by atoms with Crippen LogP contribution in [-0.4, -0.2) is 34.3 Å². The van der Waals surface area contributed by atoms with Crippen LogP contribution in [0.15, 0.2) is 47.4 Å². The summed E-state index contributed by atoms with van der Waals surface area (Å²) in [6, 6.07) is 9.90. The fourth-order valence-electron chi connectivity index (χ4n) is 2.91. The van der Waals surface area contributed by atoms with E-state index in [-0.39, 0.29) is 34.2 Å². The zero-order chi connectivity index (χ0) is 20.7. The van der Waals surface area contributed by atoms with E-state index in [1.807, 2.05) is 0 Å². The fourth-order valence-corrected chi connectivity index (χ4v) is 5.65. The predicted octanol–water partition coefficient (Wildman–Crippen LogP) is 2.06. The lowest BCUT2D eigenvalue weighted by Crippen LogP contribution is -2.29. The maximum Gasteiger partial charge on any atom is 0.262 e. The quantitative estimate of drug-likeness (QED) is 0.737. The van der Waals surface area contributed by atoms with Gasteiger partial charge in [0.2, 0.25) is 15.9 Å². The Hall–Kier alpha value is -2.72. The van der Waals surface area contributed by atoms with Gasteiger partial charge in [0.15, 0.2) is 5.78 Å². The number of benzene rings is 2. The molecule has 28 heavy (non-hydrogen) atoms. The van der Waals surface area contributed by atoms with Crippen LogP contribution in [0.2, 0.25) is 0 Å². The first-order valence-electron chi connectivity index (χ1n) is 8.31. The van der Waals surface area contributed by atoms with E-state index >= 15 is 0 Å². The van der Waals surface area contributed by atoms with Crippen LogP contribution in [0, 0.1) is 6.92 Å². The number of amides is 1. The number of anilines is 2. The fraction of sp³-hybridized carbons (Fsp3) is 0.222. The number of Topliss-reactive ketones (excluding diaryl/α,β-unsaturated/α-hetero) is 1. The number of sulfonamides is 2. The van der Waals surface area contributed by atoms with Crippen molar-refractivity contribution in [3.63, 3.8) is 0 Å². The molecule has 0 radical (unpaired) electrons. The second-order valence-corrected chi connectivity index (χ2v) is 10.0. The molecule has 0 atom stereocenters. The Morgan fingerprint density at radius 2 is 1.75 bits per heavy atom. The van der Waals surface area contributed by atoms with Crippen molar-refractivity contribution in [2.24, 2.45) is 0 Å². The number of nitrogens with one attached hydrogen (secondary N) is 1. The summed E-state index contributed by atoms with van der Waals surface area (Å²) in [6.45, 7) is 2.93. The van der Waals surface area contributed by atoms with E-state index in [0.29, 0.717) is 15.4 Å². The monoisotopic (exact) mass is 422 g/mol. The Balaban J connectivity index is 1.90. The number of hydrogen-bond donors (Lipinski definition) is 1. The smallest absolute Gasteiger partial charge is 0.262 e. The summed E-state index contributed by atoms with van der Waals surface area (Å²) in [5.74, 6) is -0.936. The van der Waals surface area contributed by atoms with Gasteiger partial charge in [0.1, 0.15) is 0 Å². The highest BCUT2D eigenvalue weighted by Crippen LogP contribution is 2.29. The minimum Gasteiger partial charge on any atom is -0.295 e. The van der Waals surface area contributed by atoms with Crippen molar-refractivity contribution >= 4 is 43.1 Å². The van der Waals surface area contributed by atoms with Crippen LogP contribution in [-0.2, 0) is 24.8 Å².